The van der Waals surface area contributed by atoms with E-state index in [4.69, 9.17) is 4.74 Å². The fourth-order valence-corrected chi connectivity index (χ4v) is 2.59. The second-order valence-corrected chi connectivity index (χ2v) is 6.15. The van der Waals surface area contributed by atoms with Crippen LogP contribution >= 0.6 is 0 Å². The maximum atomic E-state index is 12.0. The lowest BCUT2D eigenvalue weighted by Gasteiger charge is -2.17. The van der Waals surface area contributed by atoms with Gasteiger partial charge in [-0.05, 0) is 31.6 Å². The number of carbonyl (C=O) groups excluding carboxylic acids is 1. The molecule has 0 spiro atoms. The fourth-order valence-electron chi connectivity index (χ4n) is 2.59. The van der Waals surface area contributed by atoms with Crippen LogP contribution in [-0.2, 0) is 4.79 Å². The van der Waals surface area contributed by atoms with Crippen molar-refractivity contribution in [1.29, 1.82) is 0 Å². The number of likely N-dealkylation sites (N-methyl/N-ethyl adjacent to an activating group) is 1. The number of carbonyl (C=O) groups is 1. The third kappa shape index (κ3) is 8.92. The molecular weight excluding hydrogens is 300 g/mol. The highest BCUT2D eigenvalue weighted by molar-refractivity contribution is 5.92. The SMILES string of the molecule is CCCCCCCCOc1cccc(NC(=O)CN(CC)CC)c1. The van der Waals surface area contributed by atoms with E-state index < -0.39 is 0 Å². The predicted molar refractivity (Wildman–Crippen MR) is 102 cm³/mol. The van der Waals surface area contributed by atoms with E-state index in [2.05, 4.69) is 31.0 Å². The smallest absolute Gasteiger partial charge is 0.238 e. The summed E-state index contributed by atoms with van der Waals surface area (Å²) < 4.78 is 5.80. The zero-order valence-corrected chi connectivity index (χ0v) is 15.6. The molecule has 1 amide bonds. The molecule has 0 bridgehead atoms. The molecule has 136 valence electrons. The van der Waals surface area contributed by atoms with Gasteiger partial charge in [0.15, 0.2) is 0 Å². The number of hydrogen-bond donors (Lipinski definition) is 1. The second-order valence-electron chi connectivity index (χ2n) is 6.15. The molecular formula is C20H34N2O2. The van der Waals surface area contributed by atoms with Crippen LogP contribution in [0.1, 0.15) is 59.3 Å². The number of rotatable bonds is 13. The summed E-state index contributed by atoms with van der Waals surface area (Å²) in [5.74, 6) is 0.843. The van der Waals surface area contributed by atoms with Gasteiger partial charge in [-0.1, -0.05) is 58.9 Å². The largest absolute Gasteiger partial charge is 0.494 e. The quantitative estimate of drug-likeness (QED) is 0.531. The molecule has 0 aromatic heterocycles. The second kappa shape index (κ2) is 12.8. The number of unbranched alkanes of at least 4 members (excludes halogenated alkanes) is 5. The van der Waals surface area contributed by atoms with E-state index in [-0.39, 0.29) is 5.91 Å². The van der Waals surface area contributed by atoms with Crippen LogP contribution < -0.4 is 10.1 Å². The van der Waals surface area contributed by atoms with Crippen molar-refractivity contribution in [2.45, 2.75) is 59.3 Å². The third-order valence-electron chi connectivity index (χ3n) is 4.15. The van der Waals surface area contributed by atoms with Gasteiger partial charge in [0.1, 0.15) is 5.75 Å². The average Bonchev–Trinajstić information content (AvgIpc) is 2.59. The van der Waals surface area contributed by atoms with Crippen LogP contribution in [0.5, 0.6) is 5.75 Å². The van der Waals surface area contributed by atoms with Crippen molar-refractivity contribution >= 4 is 11.6 Å². The maximum Gasteiger partial charge on any atom is 0.238 e. The molecule has 4 nitrogen and oxygen atoms in total. The first-order chi connectivity index (χ1) is 11.7. The Hall–Kier alpha value is -1.55. The number of nitrogens with one attached hydrogen (secondary N) is 1. The first-order valence-corrected chi connectivity index (χ1v) is 9.44. The first-order valence-electron chi connectivity index (χ1n) is 9.44. The summed E-state index contributed by atoms with van der Waals surface area (Å²) in [6.45, 7) is 9.29. The minimum atomic E-state index is 0.0202. The summed E-state index contributed by atoms with van der Waals surface area (Å²) in [4.78, 5) is 14.1. The Bertz CT molecular complexity index is 459. The van der Waals surface area contributed by atoms with Crippen molar-refractivity contribution < 1.29 is 9.53 Å². The summed E-state index contributed by atoms with van der Waals surface area (Å²) >= 11 is 0. The Morgan fingerprint density at radius 1 is 1.04 bits per heavy atom. The summed E-state index contributed by atoms with van der Waals surface area (Å²) in [6.07, 6.45) is 7.53. The van der Waals surface area contributed by atoms with Gasteiger partial charge in [-0.15, -0.1) is 0 Å². The molecule has 24 heavy (non-hydrogen) atoms. The average molecular weight is 335 g/mol. The van der Waals surface area contributed by atoms with Gasteiger partial charge in [-0.3, -0.25) is 9.69 Å². The van der Waals surface area contributed by atoms with E-state index in [1.165, 1.54) is 32.1 Å². The monoisotopic (exact) mass is 334 g/mol. The molecule has 0 aliphatic carbocycles. The van der Waals surface area contributed by atoms with Gasteiger partial charge < -0.3 is 10.1 Å². The van der Waals surface area contributed by atoms with E-state index in [9.17, 15) is 4.79 Å². The van der Waals surface area contributed by atoms with Crippen LogP contribution in [0.4, 0.5) is 5.69 Å². The number of hydrogen-bond acceptors (Lipinski definition) is 3. The van der Waals surface area contributed by atoms with Gasteiger partial charge in [0.2, 0.25) is 5.91 Å². The highest BCUT2D eigenvalue weighted by Crippen LogP contribution is 2.18. The van der Waals surface area contributed by atoms with Crippen molar-refractivity contribution in [1.82, 2.24) is 4.90 Å². The fraction of sp³-hybridized carbons (Fsp3) is 0.650. The summed E-state index contributed by atoms with van der Waals surface area (Å²) in [5.41, 5.74) is 0.799. The zero-order valence-electron chi connectivity index (χ0n) is 15.6. The van der Waals surface area contributed by atoms with Crippen molar-refractivity contribution in [3.8, 4) is 5.75 Å². The molecule has 0 atom stereocenters. The molecule has 0 aliphatic rings. The molecule has 1 aromatic rings. The summed E-state index contributed by atoms with van der Waals surface area (Å²) in [7, 11) is 0. The molecule has 1 rings (SSSR count). The van der Waals surface area contributed by atoms with E-state index >= 15 is 0 Å². The first kappa shape index (κ1) is 20.5. The van der Waals surface area contributed by atoms with Gasteiger partial charge in [0, 0.05) is 11.8 Å². The van der Waals surface area contributed by atoms with Crippen LogP contribution in [0.2, 0.25) is 0 Å². The molecule has 1 aromatic carbocycles. The highest BCUT2D eigenvalue weighted by Gasteiger charge is 2.07. The molecule has 1 N–H and O–H groups in total. The van der Waals surface area contributed by atoms with Crippen LogP contribution in [0.15, 0.2) is 24.3 Å². The number of anilines is 1. The van der Waals surface area contributed by atoms with E-state index in [0.717, 1.165) is 37.6 Å². The van der Waals surface area contributed by atoms with Crippen LogP contribution in [0, 0.1) is 0 Å². The lowest BCUT2D eigenvalue weighted by molar-refractivity contribution is -0.117. The van der Waals surface area contributed by atoms with Crippen LogP contribution in [0.3, 0.4) is 0 Å². The predicted octanol–water partition coefficient (Wildman–Crippen LogP) is 4.71. The Morgan fingerprint density at radius 3 is 2.46 bits per heavy atom. The number of amides is 1. The minimum absolute atomic E-state index is 0.0202. The molecule has 0 fully saturated rings. The Morgan fingerprint density at radius 2 is 1.75 bits per heavy atom. The van der Waals surface area contributed by atoms with Gasteiger partial charge in [0.05, 0.1) is 13.2 Å². The van der Waals surface area contributed by atoms with Crippen LogP contribution in [0.25, 0.3) is 0 Å². The molecule has 0 aliphatic heterocycles. The maximum absolute atomic E-state index is 12.0. The van der Waals surface area contributed by atoms with Gasteiger partial charge in [0.25, 0.3) is 0 Å². The van der Waals surface area contributed by atoms with E-state index in [1.54, 1.807) is 0 Å². The standard InChI is InChI=1S/C20H34N2O2/c1-4-7-8-9-10-11-15-24-19-14-12-13-18(16-19)21-20(23)17-22(5-2)6-3/h12-14,16H,4-11,15,17H2,1-3H3,(H,21,23). The molecule has 0 saturated heterocycles. The molecule has 0 radical (unpaired) electrons. The van der Waals surface area contributed by atoms with Gasteiger partial charge in [-0.2, -0.15) is 0 Å². The zero-order chi connectivity index (χ0) is 17.6. The topological polar surface area (TPSA) is 41.6 Å². The third-order valence-corrected chi connectivity index (χ3v) is 4.15. The summed E-state index contributed by atoms with van der Waals surface area (Å²) in [6, 6.07) is 7.66. The lowest BCUT2D eigenvalue weighted by atomic mass is 10.1. The van der Waals surface area contributed by atoms with Gasteiger partial charge in [-0.25, -0.2) is 0 Å². The molecule has 0 saturated carbocycles. The van der Waals surface area contributed by atoms with Crippen molar-refractivity contribution in [2.24, 2.45) is 0 Å². The Balaban J connectivity index is 2.31. The molecule has 0 unspecified atom stereocenters. The lowest BCUT2D eigenvalue weighted by Crippen LogP contribution is -2.32. The number of ether oxygens (including phenoxy) is 1. The minimum Gasteiger partial charge on any atom is -0.494 e. The number of benzene rings is 1. The van der Waals surface area contributed by atoms with E-state index in [1.807, 2.05) is 24.3 Å². The summed E-state index contributed by atoms with van der Waals surface area (Å²) in [5, 5.41) is 2.95. The van der Waals surface area contributed by atoms with Gasteiger partial charge >= 0.3 is 0 Å². The molecule has 0 heterocycles. The Labute approximate surface area is 147 Å². The van der Waals surface area contributed by atoms with Crippen molar-refractivity contribution in [3.05, 3.63) is 24.3 Å². The Kier molecular flexibility index (Phi) is 10.9. The number of nitrogens with zero attached hydrogens (tertiary/aromatic N) is 1. The van der Waals surface area contributed by atoms with E-state index in [0.29, 0.717) is 6.54 Å². The van der Waals surface area contributed by atoms with Crippen LogP contribution in [-0.4, -0.2) is 37.0 Å². The molecule has 4 heteroatoms. The van der Waals surface area contributed by atoms with Crippen molar-refractivity contribution in [3.63, 3.8) is 0 Å². The normalized spacial score (nSPS) is 10.8. The highest BCUT2D eigenvalue weighted by atomic mass is 16.5. The van der Waals surface area contributed by atoms with Crippen molar-refractivity contribution in [2.75, 3.05) is 31.6 Å².